The highest BCUT2D eigenvalue weighted by Crippen LogP contribution is 2.38. The third-order valence-electron chi connectivity index (χ3n) is 5.44. The van der Waals surface area contributed by atoms with E-state index in [4.69, 9.17) is 4.74 Å². The van der Waals surface area contributed by atoms with Gasteiger partial charge in [0.05, 0.1) is 18.8 Å². The van der Waals surface area contributed by atoms with E-state index in [2.05, 4.69) is 66.5 Å². The monoisotopic (exact) mass is 408 g/mol. The van der Waals surface area contributed by atoms with Crippen molar-refractivity contribution < 1.29 is 4.74 Å². The number of rotatable bonds is 4. The zero-order valence-electron chi connectivity index (χ0n) is 16.1. The molecule has 2 atom stereocenters. The number of piperazine rings is 1. The predicted molar refractivity (Wildman–Crippen MR) is 116 cm³/mol. The van der Waals surface area contributed by atoms with Crippen molar-refractivity contribution >= 4 is 24.8 Å². The Hall–Kier alpha value is -1.10. The number of benzene rings is 2. The van der Waals surface area contributed by atoms with Crippen molar-refractivity contribution in [2.45, 2.75) is 39.0 Å². The summed E-state index contributed by atoms with van der Waals surface area (Å²) >= 11 is 0. The fourth-order valence-corrected chi connectivity index (χ4v) is 4.44. The van der Waals surface area contributed by atoms with Crippen molar-refractivity contribution in [3.8, 4) is 0 Å². The Bertz CT molecular complexity index is 727. The standard InChI is InChI=1S/C22H28N2O.2ClH/c1-16-11-17(2)13-18(12-16)15-25-21-14-19-5-3-4-6-20(19)22(21)24-9-7-23-8-10-24;;/h3-6,11-13,21-23H,7-10,14-15H2,1-2H3;2*1H. The molecular weight excluding hydrogens is 379 g/mol. The summed E-state index contributed by atoms with van der Waals surface area (Å²) in [6, 6.07) is 16.0. The van der Waals surface area contributed by atoms with Gasteiger partial charge in [0.1, 0.15) is 0 Å². The molecule has 1 aliphatic heterocycles. The Morgan fingerprint density at radius 1 is 1.00 bits per heavy atom. The number of hydrogen-bond acceptors (Lipinski definition) is 3. The molecule has 148 valence electrons. The lowest BCUT2D eigenvalue weighted by atomic mass is 10.1. The summed E-state index contributed by atoms with van der Waals surface area (Å²) in [5.74, 6) is 0. The van der Waals surface area contributed by atoms with Gasteiger partial charge in [-0.1, -0.05) is 53.6 Å². The molecular formula is C22H30Cl2N2O. The summed E-state index contributed by atoms with van der Waals surface area (Å²) in [5, 5.41) is 3.46. The molecule has 1 heterocycles. The van der Waals surface area contributed by atoms with E-state index < -0.39 is 0 Å². The zero-order valence-corrected chi connectivity index (χ0v) is 17.7. The van der Waals surface area contributed by atoms with Crippen LogP contribution in [-0.2, 0) is 17.8 Å². The number of fused-ring (bicyclic) bond motifs is 1. The minimum absolute atomic E-state index is 0. The molecule has 27 heavy (non-hydrogen) atoms. The van der Waals surface area contributed by atoms with E-state index in [0.29, 0.717) is 12.6 Å². The molecule has 0 saturated carbocycles. The number of nitrogens with zero attached hydrogens (tertiary/aromatic N) is 1. The Kier molecular flexibility index (Phi) is 8.14. The molecule has 2 aromatic carbocycles. The highest BCUT2D eigenvalue weighted by molar-refractivity contribution is 5.85. The van der Waals surface area contributed by atoms with Crippen molar-refractivity contribution in [2.75, 3.05) is 26.2 Å². The lowest BCUT2D eigenvalue weighted by Crippen LogP contribution is -2.47. The van der Waals surface area contributed by atoms with E-state index >= 15 is 0 Å². The fraction of sp³-hybridized carbons (Fsp3) is 0.455. The molecule has 1 N–H and O–H groups in total. The van der Waals surface area contributed by atoms with Crippen molar-refractivity contribution in [3.63, 3.8) is 0 Å². The Morgan fingerprint density at radius 3 is 2.37 bits per heavy atom. The average molecular weight is 409 g/mol. The van der Waals surface area contributed by atoms with Gasteiger partial charge < -0.3 is 10.1 Å². The summed E-state index contributed by atoms with van der Waals surface area (Å²) < 4.78 is 6.49. The fourth-order valence-electron chi connectivity index (χ4n) is 4.44. The van der Waals surface area contributed by atoms with Crippen LogP contribution in [0.3, 0.4) is 0 Å². The Balaban J connectivity index is 0.00000131. The van der Waals surface area contributed by atoms with Gasteiger partial charge >= 0.3 is 0 Å². The molecule has 0 aromatic heterocycles. The lowest BCUT2D eigenvalue weighted by molar-refractivity contribution is -0.0188. The third-order valence-corrected chi connectivity index (χ3v) is 5.44. The normalized spacial score (nSPS) is 21.9. The van der Waals surface area contributed by atoms with E-state index in [0.717, 1.165) is 32.6 Å². The number of nitrogens with one attached hydrogen (secondary N) is 1. The molecule has 2 unspecified atom stereocenters. The van der Waals surface area contributed by atoms with Gasteiger partial charge in [-0.15, -0.1) is 24.8 Å². The van der Waals surface area contributed by atoms with E-state index in [-0.39, 0.29) is 30.9 Å². The molecule has 2 aromatic rings. The maximum atomic E-state index is 6.49. The van der Waals surface area contributed by atoms with Crippen molar-refractivity contribution in [1.29, 1.82) is 0 Å². The van der Waals surface area contributed by atoms with Gasteiger partial charge in [0.25, 0.3) is 0 Å². The van der Waals surface area contributed by atoms with Crippen LogP contribution in [0.4, 0.5) is 0 Å². The number of hydrogen-bond donors (Lipinski definition) is 1. The third kappa shape index (κ3) is 5.04. The first-order valence-electron chi connectivity index (χ1n) is 9.42. The molecule has 1 fully saturated rings. The summed E-state index contributed by atoms with van der Waals surface area (Å²) in [5.41, 5.74) is 6.83. The van der Waals surface area contributed by atoms with E-state index in [9.17, 15) is 0 Å². The maximum absolute atomic E-state index is 6.49. The van der Waals surface area contributed by atoms with Crippen molar-refractivity contribution in [2.24, 2.45) is 0 Å². The largest absolute Gasteiger partial charge is 0.371 e. The lowest BCUT2D eigenvalue weighted by Gasteiger charge is -2.36. The van der Waals surface area contributed by atoms with Gasteiger partial charge in [-0.25, -0.2) is 0 Å². The highest BCUT2D eigenvalue weighted by atomic mass is 35.5. The Labute approximate surface area is 175 Å². The highest BCUT2D eigenvalue weighted by Gasteiger charge is 2.37. The zero-order chi connectivity index (χ0) is 17.2. The van der Waals surface area contributed by atoms with Crippen LogP contribution < -0.4 is 5.32 Å². The van der Waals surface area contributed by atoms with Gasteiger partial charge in [-0.05, 0) is 30.5 Å². The summed E-state index contributed by atoms with van der Waals surface area (Å²) in [6.07, 6.45) is 1.27. The molecule has 4 rings (SSSR count). The summed E-state index contributed by atoms with van der Waals surface area (Å²) in [7, 11) is 0. The molecule has 0 radical (unpaired) electrons. The predicted octanol–water partition coefficient (Wildman–Crippen LogP) is 4.23. The molecule has 2 aliphatic rings. The van der Waals surface area contributed by atoms with Crippen LogP contribution in [0.5, 0.6) is 0 Å². The average Bonchev–Trinajstić information content (AvgIpc) is 2.98. The van der Waals surface area contributed by atoms with Crippen LogP contribution in [0.1, 0.15) is 33.9 Å². The smallest absolute Gasteiger partial charge is 0.0816 e. The minimum Gasteiger partial charge on any atom is -0.371 e. The van der Waals surface area contributed by atoms with Crippen LogP contribution in [0.25, 0.3) is 0 Å². The maximum Gasteiger partial charge on any atom is 0.0816 e. The first-order valence-corrected chi connectivity index (χ1v) is 9.42. The van der Waals surface area contributed by atoms with Gasteiger partial charge in [-0.3, -0.25) is 4.90 Å². The van der Waals surface area contributed by atoms with Crippen LogP contribution >= 0.6 is 24.8 Å². The first-order chi connectivity index (χ1) is 12.2. The number of aryl methyl sites for hydroxylation is 2. The van der Waals surface area contributed by atoms with Crippen LogP contribution in [0.2, 0.25) is 0 Å². The number of halogens is 2. The minimum atomic E-state index is 0. The van der Waals surface area contributed by atoms with E-state index in [1.165, 1.54) is 27.8 Å². The van der Waals surface area contributed by atoms with Gasteiger partial charge in [0.15, 0.2) is 0 Å². The molecule has 0 bridgehead atoms. The van der Waals surface area contributed by atoms with E-state index in [1.807, 2.05) is 0 Å². The van der Waals surface area contributed by atoms with Crippen LogP contribution in [0, 0.1) is 13.8 Å². The second-order valence-corrected chi connectivity index (χ2v) is 7.48. The summed E-state index contributed by atoms with van der Waals surface area (Å²) in [6.45, 7) is 9.36. The molecule has 0 amide bonds. The SMILES string of the molecule is Cc1cc(C)cc(COC2Cc3ccccc3C2N2CCNCC2)c1.Cl.Cl. The van der Waals surface area contributed by atoms with Crippen LogP contribution in [-0.4, -0.2) is 37.2 Å². The molecule has 1 saturated heterocycles. The molecule has 0 spiro atoms. The molecule has 1 aliphatic carbocycles. The summed E-state index contributed by atoms with van der Waals surface area (Å²) in [4.78, 5) is 2.61. The molecule has 5 heteroatoms. The van der Waals surface area contributed by atoms with Crippen molar-refractivity contribution in [3.05, 3.63) is 70.3 Å². The van der Waals surface area contributed by atoms with E-state index in [1.54, 1.807) is 0 Å². The van der Waals surface area contributed by atoms with Crippen LogP contribution in [0.15, 0.2) is 42.5 Å². The molecule has 3 nitrogen and oxygen atoms in total. The second kappa shape index (κ2) is 9.90. The topological polar surface area (TPSA) is 24.5 Å². The van der Waals surface area contributed by atoms with Crippen molar-refractivity contribution in [1.82, 2.24) is 10.2 Å². The second-order valence-electron chi connectivity index (χ2n) is 7.48. The number of ether oxygens (including phenoxy) is 1. The van der Waals surface area contributed by atoms with Gasteiger partial charge in [-0.2, -0.15) is 0 Å². The first kappa shape index (κ1) is 22.2. The van der Waals surface area contributed by atoms with Gasteiger partial charge in [0.2, 0.25) is 0 Å². The van der Waals surface area contributed by atoms with Gasteiger partial charge in [0, 0.05) is 32.6 Å². The quantitative estimate of drug-likeness (QED) is 0.818. The Morgan fingerprint density at radius 2 is 1.67 bits per heavy atom.